The number of carbonyl (C=O) groups excluding carboxylic acids is 1. The van der Waals surface area contributed by atoms with Crippen LogP contribution in [0, 0.1) is 0 Å². The van der Waals surface area contributed by atoms with E-state index in [1.165, 1.54) is 31.5 Å². The molecule has 9 heteroatoms. The molecule has 3 aromatic rings. The van der Waals surface area contributed by atoms with Crippen LogP contribution in [-0.4, -0.2) is 39.3 Å². The van der Waals surface area contributed by atoms with Gasteiger partial charge in [0.15, 0.2) is 11.5 Å². The smallest absolute Gasteiger partial charge is 0.264 e. The summed E-state index contributed by atoms with van der Waals surface area (Å²) in [5.41, 5.74) is 4.18. The van der Waals surface area contributed by atoms with Crippen LogP contribution in [-0.2, 0) is 21.2 Å². The molecule has 0 heterocycles. The number of para-hydroxylation sites is 1. The second-order valence-electron chi connectivity index (χ2n) is 7.03. The number of hydrogen-bond acceptors (Lipinski definition) is 6. The number of phenols is 1. The molecule has 0 bridgehead atoms. The summed E-state index contributed by atoms with van der Waals surface area (Å²) >= 11 is 0. The van der Waals surface area contributed by atoms with Gasteiger partial charge in [-0.1, -0.05) is 43.3 Å². The number of hydrogen-bond donors (Lipinski definition) is 2. The topological polar surface area (TPSA) is 108 Å². The Labute approximate surface area is 193 Å². The van der Waals surface area contributed by atoms with Gasteiger partial charge in [0.2, 0.25) is 0 Å². The fourth-order valence-electron chi connectivity index (χ4n) is 3.19. The number of phenolic OH excluding ortho intramolecular Hbond substituents is 1. The van der Waals surface area contributed by atoms with Gasteiger partial charge < -0.3 is 9.84 Å². The number of ether oxygens (including phenoxy) is 1. The molecule has 3 rings (SSSR count). The highest BCUT2D eigenvalue weighted by Crippen LogP contribution is 2.27. The largest absolute Gasteiger partial charge is 0.504 e. The van der Waals surface area contributed by atoms with E-state index in [0.717, 1.165) is 9.87 Å². The number of sulfonamides is 1. The summed E-state index contributed by atoms with van der Waals surface area (Å²) in [5.74, 6) is -0.362. The van der Waals surface area contributed by atoms with E-state index in [0.29, 0.717) is 17.7 Å². The number of nitrogens with zero attached hydrogens (tertiary/aromatic N) is 2. The maximum Gasteiger partial charge on any atom is 0.264 e. The Hall–Kier alpha value is -3.85. The summed E-state index contributed by atoms with van der Waals surface area (Å²) in [4.78, 5) is 12.8. The molecule has 8 nitrogen and oxygen atoms in total. The molecule has 172 valence electrons. The quantitative estimate of drug-likeness (QED) is 0.371. The van der Waals surface area contributed by atoms with Crippen molar-refractivity contribution in [2.24, 2.45) is 5.10 Å². The van der Waals surface area contributed by atoms with Gasteiger partial charge in [-0.05, 0) is 53.9 Å². The van der Waals surface area contributed by atoms with Crippen molar-refractivity contribution < 1.29 is 23.1 Å². The van der Waals surface area contributed by atoms with Crippen LogP contribution in [0.3, 0.4) is 0 Å². The highest BCUT2D eigenvalue weighted by atomic mass is 32.2. The summed E-state index contributed by atoms with van der Waals surface area (Å²) in [6.07, 6.45) is 1.97. The average molecular weight is 468 g/mol. The Kier molecular flexibility index (Phi) is 7.68. The molecular formula is C24H25N3O5S. The molecule has 33 heavy (non-hydrogen) atoms. The molecule has 0 aliphatic rings. The van der Waals surface area contributed by atoms with Gasteiger partial charge in [0.25, 0.3) is 15.9 Å². The number of amides is 1. The number of carbonyl (C=O) groups is 1. The number of rotatable bonds is 9. The molecule has 0 saturated carbocycles. The average Bonchev–Trinajstić information content (AvgIpc) is 2.84. The van der Waals surface area contributed by atoms with Gasteiger partial charge in [0.1, 0.15) is 6.54 Å². The highest BCUT2D eigenvalue weighted by Gasteiger charge is 2.28. The third-order valence-corrected chi connectivity index (χ3v) is 6.64. The van der Waals surface area contributed by atoms with Gasteiger partial charge in [-0.2, -0.15) is 5.10 Å². The van der Waals surface area contributed by atoms with E-state index >= 15 is 0 Å². The number of nitrogens with one attached hydrogen (secondary N) is 1. The molecule has 0 aliphatic heterocycles. The zero-order valence-electron chi connectivity index (χ0n) is 18.3. The number of methoxy groups -OCH3 is 1. The van der Waals surface area contributed by atoms with E-state index in [1.54, 1.807) is 42.5 Å². The number of aromatic hydroxyl groups is 1. The Balaban J connectivity index is 1.85. The maximum atomic E-state index is 13.4. The summed E-state index contributed by atoms with van der Waals surface area (Å²) in [6, 6.07) is 19.6. The number of aryl methyl sites for hydroxylation is 1. The fourth-order valence-corrected chi connectivity index (χ4v) is 4.67. The lowest BCUT2D eigenvalue weighted by Gasteiger charge is -2.25. The summed E-state index contributed by atoms with van der Waals surface area (Å²) in [6.45, 7) is 1.47. The molecule has 0 saturated heterocycles. The summed E-state index contributed by atoms with van der Waals surface area (Å²) < 4.78 is 32.9. The third kappa shape index (κ3) is 5.69. The highest BCUT2D eigenvalue weighted by molar-refractivity contribution is 7.92. The Morgan fingerprint density at radius 1 is 1.09 bits per heavy atom. The first-order valence-corrected chi connectivity index (χ1v) is 11.7. The SMILES string of the molecule is CCc1ccccc1N(CC(=O)N/N=C\c1ccc(O)c(OC)c1)S(=O)(=O)c1ccccc1. The maximum absolute atomic E-state index is 13.4. The molecule has 3 aromatic carbocycles. The Morgan fingerprint density at radius 3 is 2.48 bits per heavy atom. The van der Waals surface area contributed by atoms with Crippen LogP contribution in [0.15, 0.2) is 82.8 Å². The number of benzene rings is 3. The van der Waals surface area contributed by atoms with Crippen LogP contribution >= 0.6 is 0 Å². The molecule has 0 fully saturated rings. The molecule has 0 aromatic heterocycles. The molecule has 0 atom stereocenters. The second kappa shape index (κ2) is 10.6. The van der Waals surface area contributed by atoms with E-state index in [1.807, 2.05) is 19.1 Å². The van der Waals surface area contributed by atoms with Crippen LogP contribution in [0.1, 0.15) is 18.1 Å². The monoisotopic (exact) mass is 467 g/mol. The van der Waals surface area contributed by atoms with E-state index in [4.69, 9.17) is 4.74 Å². The van der Waals surface area contributed by atoms with Crippen LogP contribution in [0.5, 0.6) is 11.5 Å². The first-order chi connectivity index (χ1) is 15.9. The van der Waals surface area contributed by atoms with Gasteiger partial charge in [-0.3, -0.25) is 9.10 Å². The zero-order chi connectivity index (χ0) is 23.8. The minimum Gasteiger partial charge on any atom is -0.504 e. The van der Waals surface area contributed by atoms with Crippen molar-refractivity contribution in [3.8, 4) is 11.5 Å². The standard InChI is InChI=1S/C24H25N3O5S/c1-3-19-9-7-8-12-21(19)27(33(30,31)20-10-5-4-6-11-20)17-24(29)26-25-16-18-13-14-22(28)23(15-18)32-2/h4-16,28H,3,17H2,1-2H3,(H,26,29)/b25-16-. The van der Waals surface area contributed by atoms with Gasteiger partial charge >= 0.3 is 0 Å². The molecule has 0 radical (unpaired) electrons. The molecule has 0 spiro atoms. The van der Waals surface area contributed by atoms with Crippen LogP contribution in [0.4, 0.5) is 5.69 Å². The van der Waals surface area contributed by atoms with Crippen molar-refractivity contribution in [2.75, 3.05) is 18.0 Å². The predicted octanol–water partition coefficient (Wildman–Crippen LogP) is 3.31. The van der Waals surface area contributed by atoms with Crippen molar-refractivity contribution in [3.05, 3.63) is 83.9 Å². The fraction of sp³-hybridized carbons (Fsp3) is 0.167. The van der Waals surface area contributed by atoms with Crippen molar-refractivity contribution in [3.63, 3.8) is 0 Å². The van der Waals surface area contributed by atoms with Crippen LogP contribution in [0.2, 0.25) is 0 Å². The molecule has 2 N–H and O–H groups in total. The van der Waals surface area contributed by atoms with E-state index < -0.39 is 22.5 Å². The lowest BCUT2D eigenvalue weighted by Crippen LogP contribution is -2.40. The Morgan fingerprint density at radius 2 is 1.79 bits per heavy atom. The van der Waals surface area contributed by atoms with Crippen molar-refractivity contribution in [2.45, 2.75) is 18.2 Å². The molecular weight excluding hydrogens is 442 g/mol. The van der Waals surface area contributed by atoms with E-state index in [9.17, 15) is 18.3 Å². The molecule has 1 amide bonds. The third-order valence-electron chi connectivity index (χ3n) is 4.87. The zero-order valence-corrected chi connectivity index (χ0v) is 19.1. The van der Waals surface area contributed by atoms with E-state index in [2.05, 4.69) is 10.5 Å². The molecule has 0 unspecified atom stereocenters. The van der Waals surface area contributed by atoms with Crippen LogP contribution in [0.25, 0.3) is 0 Å². The molecule has 0 aliphatic carbocycles. The minimum atomic E-state index is -4.00. The lowest BCUT2D eigenvalue weighted by atomic mass is 10.1. The second-order valence-corrected chi connectivity index (χ2v) is 8.89. The number of hydrazone groups is 1. The van der Waals surface area contributed by atoms with Gasteiger partial charge in [0.05, 0.1) is 23.9 Å². The van der Waals surface area contributed by atoms with Crippen molar-refractivity contribution in [1.82, 2.24) is 5.43 Å². The summed E-state index contributed by atoms with van der Waals surface area (Å²) in [7, 11) is -2.57. The van der Waals surface area contributed by atoms with Crippen molar-refractivity contribution >= 4 is 27.8 Å². The first kappa shape index (κ1) is 23.8. The minimum absolute atomic E-state index is 0.0185. The van der Waals surface area contributed by atoms with Gasteiger partial charge in [-0.25, -0.2) is 13.8 Å². The first-order valence-electron chi connectivity index (χ1n) is 10.2. The predicted molar refractivity (Wildman–Crippen MR) is 127 cm³/mol. The van der Waals surface area contributed by atoms with Crippen LogP contribution < -0.4 is 14.5 Å². The van der Waals surface area contributed by atoms with Gasteiger partial charge in [-0.15, -0.1) is 0 Å². The lowest BCUT2D eigenvalue weighted by molar-refractivity contribution is -0.119. The normalized spacial score (nSPS) is 11.3. The Bertz CT molecular complexity index is 1240. The number of anilines is 1. The van der Waals surface area contributed by atoms with Crippen molar-refractivity contribution in [1.29, 1.82) is 0 Å². The van der Waals surface area contributed by atoms with Gasteiger partial charge in [0, 0.05) is 0 Å². The van der Waals surface area contributed by atoms with E-state index in [-0.39, 0.29) is 16.4 Å². The summed E-state index contributed by atoms with van der Waals surface area (Å²) in [5, 5.41) is 13.6.